The lowest BCUT2D eigenvalue weighted by molar-refractivity contribution is 0.142. The molecule has 88 valence electrons. The quantitative estimate of drug-likeness (QED) is 0.850. The molecule has 0 saturated carbocycles. The number of nitrogens with one attached hydrogen (secondary N) is 1. The predicted octanol–water partition coefficient (Wildman–Crippen LogP) is 2.48. The van der Waals surface area contributed by atoms with Gasteiger partial charge >= 0.3 is 0 Å². The molecule has 3 heteroatoms. The summed E-state index contributed by atoms with van der Waals surface area (Å²) in [5.41, 5.74) is 1.00. The first-order chi connectivity index (χ1) is 7.84. The van der Waals surface area contributed by atoms with Crippen molar-refractivity contribution in [2.24, 2.45) is 0 Å². The lowest BCUT2D eigenvalue weighted by Crippen LogP contribution is -2.28. The van der Waals surface area contributed by atoms with Crippen LogP contribution < -0.4 is 5.32 Å². The van der Waals surface area contributed by atoms with Gasteiger partial charge in [0, 0.05) is 25.8 Å². The summed E-state index contributed by atoms with van der Waals surface area (Å²) < 4.78 is 18.3. The van der Waals surface area contributed by atoms with Crippen molar-refractivity contribution in [2.75, 3.05) is 13.2 Å². The standard InChI is InChI=1S/C13H18FNO/c14-12-4-1-3-11(9-12)10-15-13-5-2-7-16-8-6-13/h1,3-4,9,13,15H,2,5-8,10H2/t13-/m1/s1. The van der Waals surface area contributed by atoms with Crippen molar-refractivity contribution < 1.29 is 9.13 Å². The van der Waals surface area contributed by atoms with Crippen LogP contribution in [0.25, 0.3) is 0 Å². The van der Waals surface area contributed by atoms with E-state index in [4.69, 9.17) is 4.74 Å². The molecule has 1 atom stereocenters. The molecule has 0 aromatic heterocycles. The molecule has 0 spiro atoms. The highest BCUT2D eigenvalue weighted by Crippen LogP contribution is 2.10. The molecule has 0 aliphatic carbocycles. The molecule has 0 radical (unpaired) electrons. The van der Waals surface area contributed by atoms with E-state index >= 15 is 0 Å². The number of benzene rings is 1. The molecule has 2 nitrogen and oxygen atoms in total. The fourth-order valence-corrected chi connectivity index (χ4v) is 2.02. The molecule has 2 rings (SSSR count). The van der Waals surface area contributed by atoms with Gasteiger partial charge in [0.1, 0.15) is 5.82 Å². The molecule has 1 N–H and O–H groups in total. The van der Waals surface area contributed by atoms with Crippen LogP contribution in [0.3, 0.4) is 0 Å². The molecule has 1 heterocycles. The van der Waals surface area contributed by atoms with Crippen LogP contribution in [0.15, 0.2) is 24.3 Å². The van der Waals surface area contributed by atoms with Crippen molar-refractivity contribution in [1.29, 1.82) is 0 Å². The van der Waals surface area contributed by atoms with Crippen LogP contribution in [-0.2, 0) is 11.3 Å². The summed E-state index contributed by atoms with van der Waals surface area (Å²) >= 11 is 0. The minimum Gasteiger partial charge on any atom is -0.381 e. The van der Waals surface area contributed by atoms with Crippen molar-refractivity contribution in [2.45, 2.75) is 31.8 Å². The van der Waals surface area contributed by atoms with Crippen LogP contribution in [0.5, 0.6) is 0 Å². The van der Waals surface area contributed by atoms with Crippen LogP contribution in [0.4, 0.5) is 4.39 Å². The fraction of sp³-hybridized carbons (Fsp3) is 0.538. The summed E-state index contributed by atoms with van der Waals surface area (Å²) in [6, 6.07) is 7.26. The summed E-state index contributed by atoms with van der Waals surface area (Å²) in [6.07, 6.45) is 3.31. The zero-order chi connectivity index (χ0) is 11.2. The summed E-state index contributed by atoms with van der Waals surface area (Å²) in [6.45, 7) is 2.45. The first kappa shape index (κ1) is 11.6. The number of hydrogen-bond acceptors (Lipinski definition) is 2. The summed E-state index contributed by atoms with van der Waals surface area (Å²) in [7, 11) is 0. The first-order valence-corrected chi connectivity index (χ1v) is 5.90. The Labute approximate surface area is 95.8 Å². The van der Waals surface area contributed by atoms with E-state index < -0.39 is 0 Å². The van der Waals surface area contributed by atoms with Gasteiger partial charge in [-0.3, -0.25) is 0 Å². The highest BCUT2D eigenvalue weighted by atomic mass is 19.1. The number of halogens is 1. The first-order valence-electron chi connectivity index (χ1n) is 5.90. The van der Waals surface area contributed by atoms with Gasteiger partial charge in [0.15, 0.2) is 0 Å². The van der Waals surface area contributed by atoms with Gasteiger partial charge < -0.3 is 10.1 Å². The van der Waals surface area contributed by atoms with E-state index in [0.29, 0.717) is 6.04 Å². The second-order valence-electron chi connectivity index (χ2n) is 4.25. The Morgan fingerprint density at radius 1 is 1.31 bits per heavy atom. The molecule has 1 aliphatic rings. The van der Waals surface area contributed by atoms with Gasteiger partial charge in [0.05, 0.1) is 0 Å². The van der Waals surface area contributed by atoms with Crippen molar-refractivity contribution in [3.05, 3.63) is 35.6 Å². The molecule has 1 aromatic rings. The minimum absolute atomic E-state index is 0.163. The normalized spacial score (nSPS) is 21.7. The summed E-state index contributed by atoms with van der Waals surface area (Å²) in [5.74, 6) is -0.163. The highest BCUT2D eigenvalue weighted by Gasteiger charge is 2.11. The van der Waals surface area contributed by atoms with Crippen LogP contribution in [0, 0.1) is 5.82 Å². The van der Waals surface area contributed by atoms with Gasteiger partial charge in [-0.05, 0) is 37.0 Å². The van der Waals surface area contributed by atoms with Gasteiger partial charge in [-0.2, -0.15) is 0 Å². The van der Waals surface area contributed by atoms with Crippen LogP contribution in [0.1, 0.15) is 24.8 Å². The molecular formula is C13H18FNO. The molecule has 1 aliphatic heterocycles. The van der Waals surface area contributed by atoms with Gasteiger partial charge in [0.25, 0.3) is 0 Å². The molecule has 0 unspecified atom stereocenters. The van der Waals surface area contributed by atoms with E-state index in [-0.39, 0.29) is 5.82 Å². The molecule has 1 saturated heterocycles. The van der Waals surface area contributed by atoms with Gasteiger partial charge in [-0.25, -0.2) is 4.39 Å². The Hall–Kier alpha value is -0.930. The third-order valence-corrected chi connectivity index (χ3v) is 2.94. The second kappa shape index (κ2) is 5.97. The molecule has 0 bridgehead atoms. The Kier molecular flexibility index (Phi) is 4.31. The third kappa shape index (κ3) is 3.58. The lowest BCUT2D eigenvalue weighted by Gasteiger charge is -2.15. The maximum absolute atomic E-state index is 12.9. The van der Waals surface area contributed by atoms with E-state index in [9.17, 15) is 4.39 Å². The Morgan fingerprint density at radius 2 is 2.25 bits per heavy atom. The number of ether oxygens (including phenoxy) is 1. The van der Waals surface area contributed by atoms with E-state index in [1.54, 1.807) is 12.1 Å². The van der Waals surface area contributed by atoms with Crippen LogP contribution >= 0.6 is 0 Å². The fourth-order valence-electron chi connectivity index (χ4n) is 2.02. The van der Waals surface area contributed by atoms with Gasteiger partial charge in [0.2, 0.25) is 0 Å². The minimum atomic E-state index is -0.163. The molecule has 1 aromatic carbocycles. The summed E-state index contributed by atoms with van der Waals surface area (Å²) in [5, 5.41) is 3.46. The van der Waals surface area contributed by atoms with Crippen molar-refractivity contribution >= 4 is 0 Å². The van der Waals surface area contributed by atoms with E-state index in [1.165, 1.54) is 6.07 Å². The second-order valence-corrected chi connectivity index (χ2v) is 4.25. The van der Waals surface area contributed by atoms with Crippen LogP contribution in [-0.4, -0.2) is 19.3 Å². The smallest absolute Gasteiger partial charge is 0.123 e. The average molecular weight is 223 g/mol. The van der Waals surface area contributed by atoms with E-state index in [1.807, 2.05) is 6.07 Å². The average Bonchev–Trinajstić information content (AvgIpc) is 2.55. The van der Waals surface area contributed by atoms with E-state index in [0.717, 1.165) is 44.6 Å². The van der Waals surface area contributed by atoms with Crippen molar-refractivity contribution in [3.63, 3.8) is 0 Å². The maximum atomic E-state index is 12.9. The van der Waals surface area contributed by atoms with Gasteiger partial charge in [-0.1, -0.05) is 12.1 Å². The Balaban J connectivity index is 1.81. The lowest BCUT2D eigenvalue weighted by atomic mass is 10.1. The third-order valence-electron chi connectivity index (χ3n) is 2.94. The highest BCUT2D eigenvalue weighted by molar-refractivity contribution is 5.16. The molecular weight excluding hydrogens is 205 g/mol. The van der Waals surface area contributed by atoms with E-state index in [2.05, 4.69) is 5.32 Å². The molecule has 16 heavy (non-hydrogen) atoms. The Morgan fingerprint density at radius 3 is 3.12 bits per heavy atom. The number of rotatable bonds is 3. The zero-order valence-electron chi connectivity index (χ0n) is 9.42. The molecule has 1 fully saturated rings. The topological polar surface area (TPSA) is 21.3 Å². The SMILES string of the molecule is Fc1cccc(CN[C@@H]2CCCOCC2)c1. The van der Waals surface area contributed by atoms with Crippen molar-refractivity contribution in [3.8, 4) is 0 Å². The Bertz CT molecular complexity index is 321. The zero-order valence-corrected chi connectivity index (χ0v) is 9.42. The largest absolute Gasteiger partial charge is 0.381 e. The predicted molar refractivity (Wildman–Crippen MR) is 61.7 cm³/mol. The van der Waals surface area contributed by atoms with Crippen LogP contribution in [0.2, 0.25) is 0 Å². The number of hydrogen-bond donors (Lipinski definition) is 1. The van der Waals surface area contributed by atoms with Crippen molar-refractivity contribution in [1.82, 2.24) is 5.32 Å². The monoisotopic (exact) mass is 223 g/mol. The van der Waals surface area contributed by atoms with Gasteiger partial charge in [-0.15, -0.1) is 0 Å². The maximum Gasteiger partial charge on any atom is 0.123 e. The molecule has 0 amide bonds. The summed E-state index contributed by atoms with van der Waals surface area (Å²) in [4.78, 5) is 0.